The lowest BCUT2D eigenvalue weighted by Crippen LogP contribution is -2.12. The number of anilines is 1. The highest BCUT2D eigenvalue weighted by molar-refractivity contribution is 7.20. The lowest BCUT2D eigenvalue weighted by molar-refractivity contribution is 0.102. The zero-order chi connectivity index (χ0) is 17.4. The fourth-order valence-corrected chi connectivity index (χ4v) is 3.17. The molecule has 0 aliphatic carbocycles. The van der Waals surface area contributed by atoms with Gasteiger partial charge in [-0.2, -0.15) is 4.52 Å². The number of benzene rings is 2. The first-order chi connectivity index (χ1) is 12.1. The van der Waals surface area contributed by atoms with Gasteiger partial charge in [0.2, 0.25) is 10.1 Å². The molecular formula is C17H12FN5OS. The molecule has 6 nitrogen and oxygen atoms in total. The maximum Gasteiger partial charge on any atom is 0.257 e. The smallest absolute Gasteiger partial charge is 0.257 e. The summed E-state index contributed by atoms with van der Waals surface area (Å²) in [6, 6.07) is 13.3. The third-order valence-corrected chi connectivity index (χ3v) is 4.39. The molecular weight excluding hydrogens is 341 g/mol. The fraction of sp³-hybridized carbons (Fsp3) is 0.0588. The van der Waals surface area contributed by atoms with Gasteiger partial charge in [-0.25, -0.2) is 4.39 Å². The van der Waals surface area contributed by atoms with Crippen molar-refractivity contribution in [3.8, 4) is 11.4 Å². The minimum absolute atomic E-state index is 0.227. The van der Waals surface area contributed by atoms with E-state index in [-0.39, 0.29) is 5.56 Å². The molecule has 4 aromatic rings. The Morgan fingerprint density at radius 1 is 1.16 bits per heavy atom. The Balaban J connectivity index is 1.65. The molecule has 0 bridgehead atoms. The number of nitrogens with zero attached hydrogens (tertiary/aromatic N) is 4. The Bertz CT molecular complexity index is 1090. The van der Waals surface area contributed by atoms with Gasteiger partial charge in [-0.05, 0) is 31.2 Å². The van der Waals surface area contributed by atoms with E-state index in [1.54, 1.807) is 4.52 Å². The normalized spacial score (nSPS) is 11.0. The van der Waals surface area contributed by atoms with Gasteiger partial charge < -0.3 is 0 Å². The van der Waals surface area contributed by atoms with Crippen molar-refractivity contribution < 1.29 is 9.18 Å². The molecule has 0 spiro atoms. The minimum Gasteiger partial charge on any atom is -0.296 e. The molecule has 1 N–H and O–H groups in total. The van der Waals surface area contributed by atoms with Crippen LogP contribution in [0, 0.1) is 12.7 Å². The number of carbonyl (C=O) groups excluding carboxylic acids is 1. The molecule has 2 aromatic carbocycles. The second-order valence-electron chi connectivity index (χ2n) is 5.46. The maximum atomic E-state index is 13.2. The quantitative estimate of drug-likeness (QED) is 0.611. The second-order valence-corrected chi connectivity index (χ2v) is 6.42. The van der Waals surface area contributed by atoms with Crippen LogP contribution in [0.15, 0.2) is 48.5 Å². The SMILES string of the molecule is Cc1cccc(-c2nnc3sc(NC(=O)c4cccc(F)c4)nn23)c1. The second kappa shape index (κ2) is 6.06. The molecule has 8 heteroatoms. The van der Waals surface area contributed by atoms with Crippen LogP contribution in [0.5, 0.6) is 0 Å². The Labute approximate surface area is 146 Å². The van der Waals surface area contributed by atoms with Crippen LogP contribution in [0.1, 0.15) is 15.9 Å². The van der Waals surface area contributed by atoms with Crippen LogP contribution in [0.3, 0.4) is 0 Å². The number of fused-ring (bicyclic) bond motifs is 1. The highest BCUT2D eigenvalue weighted by Crippen LogP contribution is 2.25. The van der Waals surface area contributed by atoms with Gasteiger partial charge in [-0.3, -0.25) is 10.1 Å². The first-order valence-corrected chi connectivity index (χ1v) is 8.28. The summed E-state index contributed by atoms with van der Waals surface area (Å²) in [6.07, 6.45) is 0. The summed E-state index contributed by atoms with van der Waals surface area (Å²) in [5, 5.41) is 15.6. The molecule has 0 saturated carbocycles. The van der Waals surface area contributed by atoms with Crippen LogP contribution in [0.2, 0.25) is 0 Å². The number of hydrogen-bond acceptors (Lipinski definition) is 5. The van der Waals surface area contributed by atoms with Crippen LogP contribution in [-0.2, 0) is 0 Å². The molecule has 0 fully saturated rings. The van der Waals surface area contributed by atoms with Gasteiger partial charge in [0, 0.05) is 11.1 Å². The van der Waals surface area contributed by atoms with E-state index in [9.17, 15) is 9.18 Å². The number of halogens is 1. The standard InChI is InChI=1S/C17H12FN5OS/c1-10-4-2-5-11(8-10)14-20-21-17-23(14)22-16(25-17)19-15(24)12-6-3-7-13(18)9-12/h2-9H,1H3,(H,19,22,24). The van der Waals surface area contributed by atoms with Crippen LogP contribution < -0.4 is 5.32 Å². The molecule has 0 atom stereocenters. The molecule has 124 valence electrons. The van der Waals surface area contributed by atoms with Crippen molar-refractivity contribution in [1.82, 2.24) is 19.8 Å². The zero-order valence-corrected chi connectivity index (χ0v) is 13.9. The average molecular weight is 353 g/mol. The van der Waals surface area contributed by atoms with E-state index in [2.05, 4.69) is 20.6 Å². The van der Waals surface area contributed by atoms with E-state index in [1.807, 2.05) is 31.2 Å². The Hall–Kier alpha value is -3.13. The number of amides is 1. The monoisotopic (exact) mass is 353 g/mol. The van der Waals surface area contributed by atoms with Crippen molar-refractivity contribution in [3.05, 3.63) is 65.5 Å². The number of aryl methyl sites for hydroxylation is 1. The van der Waals surface area contributed by atoms with Gasteiger partial charge in [0.25, 0.3) is 5.91 Å². The van der Waals surface area contributed by atoms with Gasteiger partial charge in [0.1, 0.15) is 5.82 Å². The largest absolute Gasteiger partial charge is 0.296 e. The summed E-state index contributed by atoms with van der Waals surface area (Å²) >= 11 is 1.20. The molecule has 2 aromatic heterocycles. The summed E-state index contributed by atoms with van der Waals surface area (Å²) in [5.41, 5.74) is 2.22. The fourth-order valence-electron chi connectivity index (χ4n) is 2.43. The van der Waals surface area contributed by atoms with Gasteiger partial charge in [-0.1, -0.05) is 41.2 Å². The maximum absolute atomic E-state index is 13.2. The highest BCUT2D eigenvalue weighted by atomic mass is 32.1. The lowest BCUT2D eigenvalue weighted by atomic mass is 10.1. The van der Waals surface area contributed by atoms with Crippen molar-refractivity contribution >= 4 is 27.3 Å². The van der Waals surface area contributed by atoms with Crippen molar-refractivity contribution in [1.29, 1.82) is 0 Å². The summed E-state index contributed by atoms with van der Waals surface area (Å²) in [6.45, 7) is 1.99. The number of nitrogens with one attached hydrogen (secondary N) is 1. The predicted octanol–water partition coefficient (Wildman–Crippen LogP) is 3.55. The first-order valence-electron chi connectivity index (χ1n) is 7.46. The Morgan fingerprint density at radius 2 is 2.00 bits per heavy atom. The molecule has 0 radical (unpaired) electrons. The number of aromatic nitrogens is 4. The van der Waals surface area contributed by atoms with Crippen LogP contribution in [0.25, 0.3) is 16.3 Å². The minimum atomic E-state index is -0.465. The van der Waals surface area contributed by atoms with Crippen molar-refractivity contribution in [2.24, 2.45) is 0 Å². The molecule has 1 amide bonds. The molecule has 0 aliphatic heterocycles. The predicted molar refractivity (Wildman–Crippen MR) is 93.2 cm³/mol. The Kier molecular flexibility index (Phi) is 3.73. The molecule has 0 saturated heterocycles. The third-order valence-electron chi connectivity index (χ3n) is 3.57. The third kappa shape index (κ3) is 2.99. The van der Waals surface area contributed by atoms with Crippen molar-refractivity contribution in [2.75, 3.05) is 5.32 Å². The number of hydrogen-bond donors (Lipinski definition) is 1. The van der Waals surface area contributed by atoms with Gasteiger partial charge >= 0.3 is 0 Å². The first kappa shape index (κ1) is 15.4. The molecule has 0 unspecified atom stereocenters. The van der Waals surface area contributed by atoms with Gasteiger partial charge in [0.05, 0.1) is 0 Å². The molecule has 25 heavy (non-hydrogen) atoms. The van der Waals surface area contributed by atoms with E-state index in [1.165, 1.54) is 35.6 Å². The Morgan fingerprint density at radius 3 is 2.80 bits per heavy atom. The highest BCUT2D eigenvalue weighted by Gasteiger charge is 2.15. The van der Waals surface area contributed by atoms with Gasteiger partial charge in [0.15, 0.2) is 5.82 Å². The van der Waals surface area contributed by atoms with Crippen LogP contribution in [-0.4, -0.2) is 25.7 Å². The topological polar surface area (TPSA) is 72.2 Å². The lowest BCUT2D eigenvalue weighted by Gasteiger charge is -2.01. The van der Waals surface area contributed by atoms with Crippen molar-refractivity contribution in [3.63, 3.8) is 0 Å². The summed E-state index contributed by atoms with van der Waals surface area (Å²) in [7, 11) is 0. The number of rotatable bonds is 3. The summed E-state index contributed by atoms with van der Waals surface area (Å²) < 4.78 is 14.8. The van der Waals surface area contributed by atoms with E-state index in [0.29, 0.717) is 15.9 Å². The summed E-state index contributed by atoms with van der Waals surface area (Å²) in [4.78, 5) is 12.8. The molecule has 4 rings (SSSR count). The average Bonchev–Trinajstić information content (AvgIpc) is 3.14. The van der Waals surface area contributed by atoms with E-state index in [4.69, 9.17) is 0 Å². The van der Waals surface area contributed by atoms with Gasteiger partial charge in [-0.15, -0.1) is 15.3 Å². The summed E-state index contributed by atoms with van der Waals surface area (Å²) in [5.74, 6) is -0.296. The van der Waals surface area contributed by atoms with Crippen molar-refractivity contribution in [2.45, 2.75) is 6.92 Å². The zero-order valence-electron chi connectivity index (χ0n) is 13.1. The van der Waals surface area contributed by atoms with E-state index < -0.39 is 11.7 Å². The molecule has 0 aliphatic rings. The van der Waals surface area contributed by atoms with E-state index >= 15 is 0 Å². The number of carbonyl (C=O) groups is 1. The van der Waals surface area contributed by atoms with Crippen LogP contribution in [0.4, 0.5) is 9.52 Å². The van der Waals surface area contributed by atoms with E-state index in [0.717, 1.165) is 11.1 Å². The van der Waals surface area contributed by atoms with Crippen LogP contribution >= 0.6 is 11.3 Å². The molecule has 2 heterocycles.